The van der Waals surface area contributed by atoms with Gasteiger partial charge in [-0.15, -0.1) is 0 Å². The summed E-state index contributed by atoms with van der Waals surface area (Å²) in [4.78, 5) is 12.2. The van der Waals surface area contributed by atoms with E-state index in [1.807, 2.05) is 19.9 Å². The Bertz CT molecular complexity index is 579. The van der Waals surface area contributed by atoms with Crippen molar-refractivity contribution in [3.05, 3.63) is 23.5 Å². The predicted molar refractivity (Wildman–Crippen MR) is 145 cm³/mol. The molecule has 0 aromatic rings. The summed E-state index contributed by atoms with van der Waals surface area (Å²) in [7, 11) is 0. The molecule has 0 heterocycles. The second-order valence-electron chi connectivity index (χ2n) is 10.6. The number of ether oxygens (including phenoxy) is 1. The van der Waals surface area contributed by atoms with E-state index >= 15 is 0 Å². The molecule has 0 amide bonds. The van der Waals surface area contributed by atoms with E-state index in [1.54, 1.807) is 6.08 Å². The monoisotopic (exact) mass is 480 g/mol. The minimum atomic E-state index is -0.429. The average molecular weight is 481 g/mol. The summed E-state index contributed by atoms with van der Waals surface area (Å²) in [6.07, 6.45) is 26.4. The largest absolute Gasteiger partial charge is 0.512 e. The third-order valence-corrected chi connectivity index (χ3v) is 7.20. The fourth-order valence-corrected chi connectivity index (χ4v) is 4.84. The molecule has 0 aromatic carbocycles. The zero-order valence-electron chi connectivity index (χ0n) is 21.9. The van der Waals surface area contributed by atoms with Crippen LogP contribution >= 0.6 is 12.6 Å². The topological polar surface area (TPSA) is 46.5 Å². The van der Waals surface area contributed by atoms with Gasteiger partial charge in [-0.1, -0.05) is 129 Å². The van der Waals surface area contributed by atoms with Crippen LogP contribution in [0.1, 0.15) is 136 Å². The zero-order chi connectivity index (χ0) is 24.4. The third-order valence-electron chi connectivity index (χ3n) is 6.81. The number of thiol groups is 1. The Morgan fingerprint density at radius 3 is 1.79 bits per heavy atom. The van der Waals surface area contributed by atoms with Crippen LogP contribution in [-0.4, -0.2) is 22.9 Å². The van der Waals surface area contributed by atoms with Gasteiger partial charge in [0.2, 0.25) is 0 Å². The molecule has 0 saturated heterocycles. The molecule has 1 atom stereocenters. The second-order valence-corrected chi connectivity index (χ2v) is 11.3. The Morgan fingerprint density at radius 1 is 0.879 bits per heavy atom. The molecule has 0 spiro atoms. The molecule has 4 heteroatoms. The van der Waals surface area contributed by atoms with Gasteiger partial charge in [0, 0.05) is 5.41 Å². The van der Waals surface area contributed by atoms with Crippen molar-refractivity contribution < 1.29 is 14.6 Å². The van der Waals surface area contributed by atoms with Gasteiger partial charge in [0.15, 0.2) is 0 Å². The van der Waals surface area contributed by atoms with Gasteiger partial charge in [0.1, 0.15) is 5.25 Å². The van der Waals surface area contributed by atoms with E-state index in [-0.39, 0.29) is 11.4 Å². The number of allylic oxidation sites excluding steroid dienone is 4. The first kappa shape index (κ1) is 30.1. The number of unbranched alkanes of at least 4 members (excludes halogenated alkanes) is 15. The van der Waals surface area contributed by atoms with Crippen molar-refractivity contribution in [2.75, 3.05) is 6.61 Å². The Hall–Kier alpha value is -0.900. The van der Waals surface area contributed by atoms with Gasteiger partial charge in [0.25, 0.3) is 0 Å². The summed E-state index contributed by atoms with van der Waals surface area (Å²) in [5, 5.41) is 9.49. The molecule has 1 rings (SSSR count). The van der Waals surface area contributed by atoms with E-state index in [0.29, 0.717) is 18.8 Å². The summed E-state index contributed by atoms with van der Waals surface area (Å²) in [6.45, 7) is 6.80. The summed E-state index contributed by atoms with van der Waals surface area (Å²) < 4.78 is 5.43. The molecular weight excluding hydrogens is 428 g/mol. The normalized spacial score (nSPS) is 16.2. The molecule has 0 bridgehead atoms. The number of aliphatic hydroxyl groups excluding tert-OH is 1. The van der Waals surface area contributed by atoms with Crippen LogP contribution in [0.5, 0.6) is 0 Å². The minimum absolute atomic E-state index is 0.225. The maximum atomic E-state index is 12.2. The van der Waals surface area contributed by atoms with Gasteiger partial charge >= 0.3 is 5.97 Å². The van der Waals surface area contributed by atoms with Gasteiger partial charge in [-0.3, -0.25) is 4.79 Å². The maximum absolute atomic E-state index is 12.2. The Kier molecular flexibility index (Phi) is 16.8. The maximum Gasteiger partial charge on any atom is 0.319 e. The molecule has 33 heavy (non-hydrogen) atoms. The van der Waals surface area contributed by atoms with Gasteiger partial charge in [-0.25, -0.2) is 0 Å². The lowest BCUT2D eigenvalue weighted by Gasteiger charge is -2.29. The molecule has 0 aliphatic heterocycles. The van der Waals surface area contributed by atoms with Gasteiger partial charge < -0.3 is 9.84 Å². The van der Waals surface area contributed by atoms with E-state index in [1.165, 1.54) is 89.9 Å². The SMILES string of the molecule is CCCCCCCCCCCCCCCCCCOC(=O)C(S)CC1=CC=C(O)C(C)(C)C1. The lowest BCUT2D eigenvalue weighted by atomic mass is 9.79. The first-order chi connectivity index (χ1) is 15.9. The Morgan fingerprint density at radius 2 is 1.33 bits per heavy atom. The van der Waals surface area contributed by atoms with E-state index in [9.17, 15) is 9.90 Å². The molecule has 192 valence electrons. The van der Waals surface area contributed by atoms with Crippen molar-refractivity contribution in [3.63, 3.8) is 0 Å². The highest BCUT2D eigenvalue weighted by atomic mass is 32.1. The standard InChI is InChI=1S/C29H52O3S/c1-4-5-6-7-8-9-10-11-12-13-14-15-16-17-18-19-22-32-28(31)26(33)23-25-20-21-27(30)29(2,3)24-25/h20-21,26,30,33H,4-19,22-24H2,1-3H3. The summed E-state index contributed by atoms with van der Waals surface area (Å²) in [6, 6.07) is 0. The number of hydrogen-bond acceptors (Lipinski definition) is 4. The van der Waals surface area contributed by atoms with Crippen LogP contribution in [0.15, 0.2) is 23.5 Å². The molecule has 1 aliphatic carbocycles. The number of rotatable bonds is 20. The lowest BCUT2D eigenvalue weighted by molar-refractivity contribution is -0.143. The summed E-state index contributed by atoms with van der Waals surface area (Å²) >= 11 is 4.45. The summed E-state index contributed by atoms with van der Waals surface area (Å²) in [5.74, 6) is 0.171. The molecule has 0 fully saturated rings. The van der Waals surface area contributed by atoms with Crippen molar-refractivity contribution in [2.45, 2.75) is 142 Å². The van der Waals surface area contributed by atoms with Crippen molar-refractivity contribution >= 4 is 18.6 Å². The first-order valence-corrected chi connectivity index (χ1v) is 14.3. The van der Waals surface area contributed by atoms with Crippen molar-refractivity contribution in [1.82, 2.24) is 0 Å². The number of carbonyl (C=O) groups excluding carboxylic acids is 1. The molecule has 0 saturated carbocycles. The minimum Gasteiger partial charge on any atom is -0.512 e. The van der Waals surface area contributed by atoms with Crippen LogP contribution in [0.4, 0.5) is 0 Å². The average Bonchev–Trinajstić information content (AvgIpc) is 2.78. The van der Waals surface area contributed by atoms with E-state index in [0.717, 1.165) is 24.8 Å². The fourth-order valence-electron chi connectivity index (χ4n) is 4.53. The van der Waals surface area contributed by atoms with Gasteiger partial charge in [-0.05, 0) is 25.3 Å². The number of aliphatic hydroxyl groups is 1. The number of hydrogen-bond donors (Lipinski definition) is 2. The second kappa shape index (κ2) is 18.4. The van der Waals surface area contributed by atoms with Crippen LogP contribution in [0.25, 0.3) is 0 Å². The highest BCUT2D eigenvalue weighted by molar-refractivity contribution is 7.81. The fraction of sp³-hybridized carbons (Fsp3) is 0.828. The Balaban J connectivity index is 1.90. The van der Waals surface area contributed by atoms with Gasteiger partial charge in [0.05, 0.1) is 12.4 Å². The molecule has 1 aliphatic rings. The molecule has 1 N–H and O–H groups in total. The highest BCUT2D eigenvalue weighted by Crippen LogP contribution is 2.37. The van der Waals surface area contributed by atoms with E-state index < -0.39 is 5.25 Å². The van der Waals surface area contributed by atoms with Gasteiger partial charge in [-0.2, -0.15) is 12.6 Å². The van der Waals surface area contributed by atoms with Crippen molar-refractivity contribution in [2.24, 2.45) is 5.41 Å². The summed E-state index contributed by atoms with van der Waals surface area (Å²) in [5.41, 5.74) is 0.867. The van der Waals surface area contributed by atoms with Crippen molar-refractivity contribution in [1.29, 1.82) is 0 Å². The lowest BCUT2D eigenvalue weighted by Crippen LogP contribution is -2.23. The molecule has 3 nitrogen and oxygen atoms in total. The molecule has 0 radical (unpaired) electrons. The zero-order valence-corrected chi connectivity index (χ0v) is 22.8. The predicted octanol–water partition coefficient (Wildman–Crippen LogP) is 9.28. The first-order valence-electron chi connectivity index (χ1n) is 13.8. The molecule has 0 aromatic heterocycles. The molecular formula is C29H52O3S. The van der Waals surface area contributed by atoms with Crippen LogP contribution in [0.2, 0.25) is 0 Å². The van der Waals surface area contributed by atoms with Crippen LogP contribution in [0, 0.1) is 5.41 Å². The Labute approximate surface area is 210 Å². The molecule has 1 unspecified atom stereocenters. The van der Waals surface area contributed by atoms with Crippen LogP contribution in [0.3, 0.4) is 0 Å². The smallest absolute Gasteiger partial charge is 0.319 e. The third kappa shape index (κ3) is 14.9. The quantitative estimate of drug-likeness (QED) is 0.104. The number of carbonyl (C=O) groups is 1. The highest BCUT2D eigenvalue weighted by Gasteiger charge is 2.28. The van der Waals surface area contributed by atoms with Crippen molar-refractivity contribution in [3.8, 4) is 0 Å². The van der Waals surface area contributed by atoms with Crippen LogP contribution < -0.4 is 0 Å². The van der Waals surface area contributed by atoms with E-state index in [2.05, 4.69) is 19.6 Å². The van der Waals surface area contributed by atoms with Crippen LogP contribution in [-0.2, 0) is 9.53 Å². The number of esters is 1. The van der Waals surface area contributed by atoms with E-state index in [4.69, 9.17) is 4.74 Å².